The molecule has 0 saturated carbocycles. The van der Waals surface area contributed by atoms with Crippen molar-refractivity contribution >= 4 is 0 Å². The van der Waals surface area contributed by atoms with Crippen molar-refractivity contribution in [3.8, 4) is 0 Å². The lowest BCUT2D eigenvalue weighted by Gasteiger charge is -2.38. The minimum Gasteiger partial charge on any atom is -0.360 e. The van der Waals surface area contributed by atoms with E-state index in [1.807, 2.05) is 6.92 Å². The first kappa shape index (κ1) is 14.3. The minimum atomic E-state index is -4.32. The van der Waals surface area contributed by atoms with E-state index in [1.54, 1.807) is 13.0 Å². The van der Waals surface area contributed by atoms with Crippen molar-refractivity contribution in [1.82, 2.24) is 5.32 Å². The van der Waals surface area contributed by atoms with Crippen molar-refractivity contribution in [3.63, 3.8) is 0 Å². The molecule has 106 valence electrons. The topological polar surface area (TPSA) is 21.3 Å². The smallest absolute Gasteiger partial charge is 0.360 e. The number of alkyl halides is 3. The van der Waals surface area contributed by atoms with E-state index >= 15 is 0 Å². The van der Waals surface area contributed by atoms with Gasteiger partial charge >= 0.3 is 6.18 Å². The molecule has 0 amide bonds. The molecule has 2 unspecified atom stereocenters. The highest BCUT2D eigenvalue weighted by molar-refractivity contribution is 5.30. The predicted octanol–water partition coefficient (Wildman–Crippen LogP) is 3.22. The van der Waals surface area contributed by atoms with E-state index in [9.17, 15) is 13.2 Å². The molecule has 0 aliphatic carbocycles. The molecule has 1 aromatic rings. The van der Waals surface area contributed by atoms with Crippen molar-refractivity contribution in [2.24, 2.45) is 5.92 Å². The van der Waals surface area contributed by atoms with Crippen LogP contribution in [0, 0.1) is 5.92 Å². The van der Waals surface area contributed by atoms with Crippen molar-refractivity contribution in [2.75, 3.05) is 13.2 Å². The third kappa shape index (κ3) is 3.48. The zero-order valence-electron chi connectivity index (χ0n) is 11.1. The molecule has 1 fully saturated rings. The summed E-state index contributed by atoms with van der Waals surface area (Å²) in [4.78, 5) is 0. The second kappa shape index (κ2) is 5.13. The van der Waals surface area contributed by atoms with Crippen molar-refractivity contribution in [3.05, 3.63) is 35.4 Å². The summed E-state index contributed by atoms with van der Waals surface area (Å²) in [6, 6.07) is 5.66. The first-order valence-corrected chi connectivity index (χ1v) is 6.34. The maximum absolute atomic E-state index is 12.9. The maximum Gasteiger partial charge on any atom is 0.416 e. The van der Waals surface area contributed by atoms with Crippen molar-refractivity contribution < 1.29 is 17.9 Å². The highest BCUT2D eigenvalue weighted by atomic mass is 19.4. The number of benzene rings is 1. The first-order chi connectivity index (χ1) is 8.80. The molecule has 0 spiro atoms. The SMILES string of the molecule is CC1CNC(C)(Cc2ccccc2C(F)(F)F)OC1. The van der Waals surface area contributed by atoms with Gasteiger partial charge in [-0.15, -0.1) is 0 Å². The average Bonchev–Trinajstić information content (AvgIpc) is 2.33. The van der Waals surface area contributed by atoms with E-state index in [2.05, 4.69) is 5.32 Å². The van der Waals surface area contributed by atoms with Crippen molar-refractivity contribution in [2.45, 2.75) is 32.2 Å². The third-order valence-electron chi connectivity index (χ3n) is 3.36. The monoisotopic (exact) mass is 273 g/mol. The molecule has 0 radical (unpaired) electrons. The zero-order valence-corrected chi connectivity index (χ0v) is 11.1. The molecule has 2 atom stereocenters. The van der Waals surface area contributed by atoms with E-state index in [1.165, 1.54) is 12.1 Å². The summed E-state index contributed by atoms with van der Waals surface area (Å²) in [6.07, 6.45) is -4.12. The van der Waals surface area contributed by atoms with Crippen LogP contribution in [0.5, 0.6) is 0 Å². The van der Waals surface area contributed by atoms with Gasteiger partial charge in [-0.05, 0) is 24.5 Å². The quantitative estimate of drug-likeness (QED) is 0.893. The lowest BCUT2D eigenvalue weighted by Crippen LogP contribution is -2.53. The van der Waals surface area contributed by atoms with Crippen LogP contribution >= 0.6 is 0 Å². The standard InChI is InChI=1S/C14H18F3NO/c1-10-8-18-13(2,19-9-10)7-11-5-3-4-6-12(11)14(15,16)17/h3-6,10,18H,7-9H2,1-2H3. The molecule has 2 nitrogen and oxygen atoms in total. The van der Waals surface area contributed by atoms with Gasteiger partial charge in [0.1, 0.15) is 5.72 Å². The summed E-state index contributed by atoms with van der Waals surface area (Å²) in [5.41, 5.74) is -1.05. The van der Waals surface area contributed by atoms with E-state index < -0.39 is 17.5 Å². The highest BCUT2D eigenvalue weighted by Crippen LogP contribution is 2.33. The fourth-order valence-corrected chi connectivity index (χ4v) is 2.25. The van der Waals surface area contributed by atoms with Crippen LogP contribution in [0.2, 0.25) is 0 Å². The Bertz CT molecular complexity index is 437. The molecule has 0 aromatic heterocycles. The minimum absolute atomic E-state index is 0.204. The summed E-state index contributed by atoms with van der Waals surface area (Å²) >= 11 is 0. The molecule has 1 heterocycles. The van der Waals surface area contributed by atoms with Gasteiger partial charge in [-0.3, -0.25) is 5.32 Å². The van der Waals surface area contributed by atoms with Gasteiger partial charge < -0.3 is 4.74 Å². The third-order valence-corrected chi connectivity index (χ3v) is 3.36. The number of nitrogens with one attached hydrogen (secondary N) is 1. The van der Waals surface area contributed by atoms with Crippen LogP contribution in [0.25, 0.3) is 0 Å². The molecule has 1 aliphatic heterocycles. The number of hydrogen-bond donors (Lipinski definition) is 1. The van der Waals surface area contributed by atoms with Crippen molar-refractivity contribution in [1.29, 1.82) is 0 Å². The molecule has 1 aromatic carbocycles. The Morgan fingerprint density at radius 3 is 2.63 bits per heavy atom. The Kier molecular flexibility index (Phi) is 3.87. The van der Waals surface area contributed by atoms with Crippen LogP contribution in [0.1, 0.15) is 25.0 Å². The molecule has 1 N–H and O–H groups in total. The van der Waals surface area contributed by atoms with E-state index in [4.69, 9.17) is 4.74 Å². The summed E-state index contributed by atoms with van der Waals surface area (Å²) in [5, 5.41) is 3.18. The summed E-state index contributed by atoms with van der Waals surface area (Å²) in [5.74, 6) is 0.380. The fraction of sp³-hybridized carbons (Fsp3) is 0.571. The Morgan fingerprint density at radius 2 is 2.05 bits per heavy atom. The molecule has 1 aliphatic rings. The molecule has 2 rings (SSSR count). The van der Waals surface area contributed by atoms with Gasteiger partial charge in [-0.1, -0.05) is 25.1 Å². The predicted molar refractivity (Wildman–Crippen MR) is 66.7 cm³/mol. The number of halogens is 3. The van der Waals surface area contributed by atoms with Crippen LogP contribution in [0.4, 0.5) is 13.2 Å². The second-order valence-electron chi connectivity index (χ2n) is 5.36. The number of ether oxygens (including phenoxy) is 1. The lowest BCUT2D eigenvalue weighted by molar-refractivity contribution is -0.139. The van der Waals surface area contributed by atoms with E-state index in [-0.39, 0.29) is 12.0 Å². The summed E-state index contributed by atoms with van der Waals surface area (Å²) < 4.78 is 44.5. The molecular formula is C14H18F3NO. The number of rotatable bonds is 2. The zero-order chi connectivity index (χ0) is 14.1. The van der Waals surface area contributed by atoms with Crippen LogP contribution in [0.3, 0.4) is 0 Å². The Labute approximate surface area is 111 Å². The normalized spacial score (nSPS) is 28.4. The second-order valence-corrected chi connectivity index (χ2v) is 5.36. The van der Waals surface area contributed by atoms with E-state index in [0.717, 1.165) is 12.6 Å². The van der Waals surface area contributed by atoms with Gasteiger partial charge in [0.2, 0.25) is 0 Å². The van der Waals surface area contributed by atoms with Crippen LogP contribution in [-0.2, 0) is 17.3 Å². The van der Waals surface area contributed by atoms with Gasteiger partial charge in [0.15, 0.2) is 0 Å². The summed E-state index contributed by atoms with van der Waals surface area (Å²) in [7, 11) is 0. The lowest BCUT2D eigenvalue weighted by atomic mass is 9.96. The van der Waals surface area contributed by atoms with Gasteiger partial charge in [0.25, 0.3) is 0 Å². The Morgan fingerprint density at radius 1 is 1.37 bits per heavy atom. The Balaban J connectivity index is 2.19. The van der Waals surface area contributed by atoms with Gasteiger partial charge in [-0.2, -0.15) is 13.2 Å². The van der Waals surface area contributed by atoms with Crippen LogP contribution < -0.4 is 5.32 Å². The highest BCUT2D eigenvalue weighted by Gasteiger charge is 2.36. The van der Waals surface area contributed by atoms with E-state index in [0.29, 0.717) is 12.5 Å². The molecule has 0 bridgehead atoms. The maximum atomic E-state index is 12.9. The first-order valence-electron chi connectivity index (χ1n) is 6.34. The summed E-state index contributed by atoms with van der Waals surface area (Å²) in [6.45, 7) is 5.16. The Hall–Kier alpha value is -1.07. The van der Waals surface area contributed by atoms with Crippen LogP contribution in [0.15, 0.2) is 24.3 Å². The molecule has 1 saturated heterocycles. The molecule has 19 heavy (non-hydrogen) atoms. The molecule has 5 heteroatoms. The number of hydrogen-bond acceptors (Lipinski definition) is 2. The average molecular weight is 273 g/mol. The van der Waals surface area contributed by atoms with Gasteiger partial charge in [0, 0.05) is 13.0 Å². The van der Waals surface area contributed by atoms with Gasteiger partial charge in [-0.25, -0.2) is 0 Å². The fourth-order valence-electron chi connectivity index (χ4n) is 2.25. The van der Waals surface area contributed by atoms with Crippen LogP contribution in [-0.4, -0.2) is 18.9 Å². The largest absolute Gasteiger partial charge is 0.416 e. The molecular weight excluding hydrogens is 255 g/mol. The van der Waals surface area contributed by atoms with Gasteiger partial charge in [0.05, 0.1) is 12.2 Å².